The normalized spacial score (nSPS) is 34.0. The molecular formula is C16H16ClNO3. The van der Waals surface area contributed by atoms with Crippen LogP contribution in [-0.2, 0) is 0 Å². The van der Waals surface area contributed by atoms with Crippen LogP contribution in [0.2, 0.25) is 5.02 Å². The highest BCUT2D eigenvalue weighted by atomic mass is 35.5. The fourth-order valence-electron chi connectivity index (χ4n) is 4.35. The molecule has 0 amide bonds. The standard InChI is InChI=1S/C16H16ClNO3/c17-12-4-10(5-13-14(12)21-8-20-13)15(19)16(7-18)6-9-1-2-11(16)3-9/h4-5,9,11,15,19H,1-3,6,8H2. The summed E-state index contributed by atoms with van der Waals surface area (Å²) < 4.78 is 10.7. The molecule has 0 aromatic heterocycles. The second kappa shape index (κ2) is 4.53. The molecule has 4 nitrogen and oxygen atoms in total. The van der Waals surface area contributed by atoms with Gasteiger partial charge in [0.25, 0.3) is 0 Å². The van der Waals surface area contributed by atoms with Crippen LogP contribution in [0.4, 0.5) is 0 Å². The molecule has 1 aromatic rings. The zero-order valence-corrected chi connectivity index (χ0v) is 12.3. The van der Waals surface area contributed by atoms with Crippen LogP contribution in [0, 0.1) is 28.6 Å². The SMILES string of the molecule is N#CC1(C(O)c2cc(Cl)c3c(c2)OCO3)CC2CCC1C2. The topological polar surface area (TPSA) is 62.5 Å². The van der Waals surface area contributed by atoms with E-state index in [1.807, 2.05) is 0 Å². The largest absolute Gasteiger partial charge is 0.454 e. The molecule has 0 spiro atoms. The van der Waals surface area contributed by atoms with Crippen molar-refractivity contribution in [2.75, 3.05) is 6.79 Å². The first-order chi connectivity index (χ1) is 10.1. The van der Waals surface area contributed by atoms with Crippen molar-refractivity contribution in [3.05, 3.63) is 22.7 Å². The second-order valence-corrected chi connectivity index (χ2v) is 6.78. The molecule has 5 heteroatoms. The van der Waals surface area contributed by atoms with Gasteiger partial charge >= 0.3 is 0 Å². The van der Waals surface area contributed by atoms with E-state index in [-0.39, 0.29) is 12.7 Å². The second-order valence-electron chi connectivity index (χ2n) is 6.37. The number of hydrogen-bond donors (Lipinski definition) is 1. The van der Waals surface area contributed by atoms with Gasteiger partial charge < -0.3 is 14.6 Å². The molecule has 3 aliphatic rings. The van der Waals surface area contributed by atoms with Crippen LogP contribution >= 0.6 is 11.6 Å². The van der Waals surface area contributed by atoms with E-state index >= 15 is 0 Å². The summed E-state index contributed by atoms with van der Waals surface area (Å²) in [5, 5.41) is 21.0. The maximum Gasteiger partial charge on any atom is 0.231 e. The monoisotopic (exact) mass is 305 g/mol. The Hall–Kier alpha value is -1.44. The van der Waals surface area contributed by atoms with Crippen molar-refractivity contribution < 1.29 is 14.6 Å². The van der Waals surface area contributed by atoms with Crippen molar-refractivity contribution in [2.24, 2.45) is 17.3 Å². The van der Waals surface area contributed by atoms with Crippen LogP contribution in [0.15, 0.2) is 12.1 Å². The molecule has 4 unspecified atom stereocenters. The first-order valence-corrected chi connectivity index (χ1v) is 7.70. The minimum Gasteiger partial charge on any atom is -0.454 e. The van der Waals surface area contributed by atoms with Crippen LogP contribution in [0.25, 0.3) is 0 Å². The van der Waals surface area contributed by atoms with Crippen LogP contribution in [0.5, 0.6) is 11.5 Å². The number of halogens is 1. The Morgan fingerprint density at radius 2 is 2.24 bits per heavy atom. The molecule has 1 heterocycles. The highest BCUT2D eigenvalue weighted by Gasteiger charge is 2.55. The number of ether oxygens (including phenoxy) is 2. The molecule has 1 aromatic carbocycles. The lowest BCUT2D eigenvalue weighted by Gasteiger charge is -2.35. The van der Waals surface area contributed by atoms with Gasteiger partial charge in [0.15, 0.2) is 11.5 Å². The van der Waals surface area contributed by atoms with Gasteiger partial charge in [0.2, 0.25) is 6.79 Å². The Morgan fingerprint density at radius 1 is 1.38 bits per heavy atom. The number of nitriles is 1. The summed E-state index contributed by atoms with van der Waals surface area (Å²) in [6, 6.07) is 5.88. The molecule has 2 bridgehead atoms. The van der Waals surface area contributed by atoms with Gasteiger partial charge in [0.05, 0.1) is 22.6 Å². The van der Waals surface area contributed by atoms with Crippen molar-refractivity contribution in [3.63, 3.8) is 0 Å². The Bertz CT molecular complexity index is 641. The van der Waals surface area contributed by atoms with E-state index in [0.717, 1.165) is 19.3 Å². The molecule has 0 saturated heterocycles. The quantitative estimate of drug-likeness (QED) is 0.909. The third-order valence-electron chi connectivity index (χ3n) is 5.36. The summed E-state index contributed by atoms with van der Waals surface area (Å²) in [6.45, 7) is 0.142. The third kappa shape index (κ3) is 1.77. The fourth-order valence-corrected chi connectivity index (χ4v) is 4.62. The molecule has 4 atom stereocenters. The summed E-state index contributed by atoms with van der Waals surface area (Å²) in [5.74, 6) is 1.93. The fraction of sp³-hybridized carbons (Fsp3) is 0.562. The van der Waals surface area contributed by atoms with E-state index in [0.29, 0.717) is 28.0 Å². The van der Waals surface area contributed by atoms with Gasteiger partial charge in [-0.3, -0.25) is 0 Å². The molecule has 21 heavy (non-hydrogen) atoms. The van der Waals surface area contributed by atoms with E-state index in [1.54, 1.807) is 12.1 Å². The minimum absolute atomic E-state index is 0.142. The summed E-state index contributed by atoms with van der Waals surface area (Å²) in [6.07, 6.45) is 3.23. The number of benzene rings is 1. The molecule has 1 N–H and O–H groups in total. The van der Waals surface area contributed by atoms with Crippen molar-refractivity contribution in [3.8, 4) is 17.6 Å². The number of hydrogen-bond acceptors (Lipinski definition) is 4. The third-order valence-corrected chi connectivity index (χ3v) is 5.64. The van der Waals surface area contributed by atoms with E-state index < -0.39 is 11.5 Å². The molecule has 2 fully saturated rings. The number of rotatable bonds is 2. The first kappa shape index (κ1) is 13.2. The van der Waals surface area contributed by atoms with Crippen LogP contribution in [-0.4, -0.2) is 11.9 Å². The lowest BCUT2D eigenvalue weighted by atomic mass is 9.68. The van der Waals surface area contributed by atoms with Gasteiger partial charge in [-0.25, -0.2) is 0 Å². The summed E-state index contributed by atoms with van der Waals surface area (Å²) in [5.41, 5.74) is -0.0294. The van der Waals surface area contributed by atoms with Gasteiger partial charge in [-0.1, -0.05) is 18.0 Å². The smallest absolute Gasteiger partial charge is 0.231 e. The van der Waals surface area contributed by atoms with E-state index in [9.17, 15) is 10.4 Å². The van der Waals surface area contributed by atoms with E-state index in [4.69, 9.17) is 21.1 Å². The molecule has 2 aliphatic carbocycles. The highest BCUT2D eigenvalue weighted by molar-refractivity contribution is 6.32. The van der Waals surface area contributed by atoms with Gasteiger partial charge in [-0.05, 0) is 48.8 Å². The first-order valence-electron chi connectivity index (χ1n) is 7.32. The van der Waals surface area contributed by atoms with Gasteiger partial charge in [-0.2, -0.15) is 5.26 Å². The predicted octanol–water partition coefficient (Wildman–Crippen LogP) is 3.43. The average Bonchev–Trinajstić information content (AvgIpc) is 3.20. The van der Waals surface area contributed by atoms with Crippen LogP contribution in [0.1, 0.15) is 37.4 Å². The van der Waals surface area contributed by atoms with Crippen molar-refractivity contribution in [1.29, 1.82) is 5.26 Å². The van der Waals surface area contributed by atoms with Crippen molar-refractivity contribution in [1.82, 2.24) is 0 Å². The number of aliphatic hydroxyl groups excluding tert-OH is 1. The van der Waals surface area contributed by atoms with Crippen LogP contribution in [0.3, 0.4) is 0 Å². The Labute approximate surface area is 128 Å². The summed E-state index contributed by atoms with van der Waals surface area (Å²) in [7, 11) is 0. The summed E-state index contributed by atoms with van der Waals surface area (Å²) in [4.78, 5) is 0. The molecule has 0 radical (unpaired) electrons. The molecule has 110 valence electrons. The van der Waals surface area contributed by atoms with Gasteiger partial charge in [0, 0.05) is 0 Å². The average molecular weight is 306 g/mol. The molecular weight excluding hydrogens is 290 g/mol. The lowest BCUT2D eigenvalue weighted by Crippen LogP contribution is -2.33. The maximum atomic E-state index is 10.9. The maximum absolute atomic E-state index is 10.9. The van der Waals surface area contributed by atoms with Crippen molar-refractivity contribution in [2.45, 2.75) is 31.8 Å². The van der Waals surface area contributed by atoms with Crippen LogP contribution < -0.4 is 9.47 Å². The number of aliphatic hydroxyl groups is 1. The highest BCUT2D eigenvalue weighted by Crippen LogP contribution is 2.61. The molecule has 1 aliphatic heterocycles. The Kier molecular flexibility index (Phi) is 2.85. The Balaban J connectivity index is 1.73. The van der Waals surface area contributed by atoms with Gasteiger partial charge in [0.1, 0.15) is 0 Å². The predicted molar refractivity (Wildman–Crippen MR) is 76.0 cm³/mol. The summed E-state index contributed by atoms with van der Waals surface area (Å²) >= 11 is 6.19. The number of nitrogens with zero attached hydrogens (tertiary/aromatic N) is 1. The molecule has 4 rings (SSSR count). The zero-order chi connectivity index (χ0) is 14.6. The zero-order valence-electron chi connectivity index (χ0n) is 11.5. The van der Waals surface area contributed by atoms with Gasteiger partial charge in [-0.15, -0.1) is 0 Å². The molecule has 2 saturated carbocycles. The van der Waals surface area contributed by atoms with E-state index in [1.165, 1.54) is 6.42 Å². The Morgan fingerprint density at radius 3 is 2.90 bits per heavy atom. The van der Waals surface area contributed by atoms with E-state index in [2.05, 4.69) is 6.07 Å². The van der Waals surface area contributed by atoms with Crippen molar-refractivity contribution >= 4 is 11.6 Å². The number of fused-ring (bicyclic) bond motifs is 3. The lowest BCUT2D eigenvalue weighted by molar-refractivity contribution is 0.0232. The minimum atomic E-state index is -0.829.